The zero-order chi connectivity index (χ0) is 18.5. The lowest BCUT2D eigenvalue weighted by atomic mass is 10.0. The molecule has 0 aromatic heterocycles. The van der Waals surface area contributed by atoms with E-state index in [2.05, 4.69) is 4.52 Å². The summed E-state index contributed by atoms with van der Waals surface area (Å²) in [5.41, 5.74) is 6.31. The molecule has 1 aromatic carbocycles. The maximum atomic E-state index is 12.0. The minimum Gasteiger partial charge on any atom is -0.369 e. The first-order valence-electron chi connectivity index (χ1n) is 7.78. The number of phosphoric acid groups is 1. The maximum Gasteiger partial charge on any atom is 0.469 e. The van der Waals surface area contributed by atoms with Gasteiger partial charge in [0.2, 0.25) is 0 Å². The Hall–Kier alpha value is -0.600. The van der Waals surface area contributed by atoms with E-state index in [-0.39, 0.29) is 18.8 Å². The molecule has 25 heavy (non-hydrogen) atoms. The molecule has 1 aliphatic heterocycles. The lowest BCUT2D eigenvalue weighted by Gasteiger charge is -2.21. The van der Waals surface area contributed by atoms with Gasteiger partial charge in [0, 0.05) is 13.0 Å². The second-order valence-corrected chi connectivity index (χ2v) is 8.97. The zero-order valence-electron chi connectivity index (χ0n) is 13.5. The third-order valence-electron chi connectivity index (χ3n) is 3.70. The fourth-order valence-electron chi connectivity index (χ4n) is 2.67. The minimum absolute atomic E-state index is 0.0154. The van der Waals surface area contributed by atoms with Gasteiger partial charge in [0.05, 0.1) is 25.0 Å². The molecular weight excluding hydrogens is 372 g/mol. The van der Waals surface area contributed by atoms with Crippen LogP contribution in [0, 0.1) is 0 Å². The summed E-state index contributed by atoms with van der Waals surface area (Å²) in [5.74, 6) is 0. The highest BCUT2D eigenvalue weighted by Crippen LogP contribution is 2.46. The Morgan fingerprint density at radius 3 is 2.48 bits per heavy atom. The molecule has 0 saturated carbocycles. The van der Waals surface area contributed by atoms with Crippen molar-refractivity contribution in [2.24, 2.45) is 5.73 Å². The predicted octanol–water partition coefficient (Wildman–Crippen LogP) is 1.03. The predicted molar refractivity (Wildman–Crippen MR) is 90.0 cm³/mol. The topological polar surface area (TPSA) is 149 Å². The third kappa shape index (κ3) is 7.27. The molecule has 2 rings (SSSR count). The number of hydrogen-bond donors (Lipinski definition) is 4. The van der Waals surface area contributed by atoms with Crippen molar-refractivity contribution in [3.05, 3.63) is 35.9 Å². The van der Waals surface area contributed by atoms with Crippen LogP contribution in [0.15, 0.2) is 30.3 Å². The quantitative estimate of drug-likeness (QED) is 0.450. The van der Waals surface area contributed by atoms with Crippen LogP contribution in [0.25, 0.3) is 0 Å². The van der Waals surface area contributed by atoms with Crippen LogP contribution in [0.1, 0.15) is 12.0 Å². The van der Waals surface area contributed by atoms with Gasteiger partial charge in [-0.2, -0.15) is 0 Å². The minimum atomic E-state index is -4.68. The van der Waals surface area contributed by atoms with E-state index in [1.165, 1.54) is 0 Å². The van der Waals surface area contributed by atoms with Gasteiger partial charge in [0.1, 0.15) is 6.10 Å². The van der Waals surface area contributed by atoms with Gasteiger partial charge < -0.3 is 29.7 Å². The molecule has 11 heteroatoms. The first kappa shape index (κ1) is 20.7. The summed E-state index contributed by atoms with van der Waals surface area (Å²) in [5, 5.41) is 0. The van der Waals surface area contributed by atoms with Gasteiger partial charge in [-0.3, -0.25) is 9.09 Å². The molecule has 0 amide bonds. The molecule has 4 atom stereocenters. The zero-order valence-corrected chi connectivity index (χ0v) is 15.3. The second kappa shape index (κ2) is 8.86. The highest BCUT2D eigenvalue weighted by atomic mass is 31.2. The molecule has 0 radical (unpaired) electrons. The van der Waals surface area contributed by atoms with Crippen LogP contribution < -0.4 is 5.73 Å². The van der Waals surface area contributed by atoms with Crippen LogP contribution in [-0.2, 0) is 29.3 Å². The number of rotatable bonds is 9. The van der Waals surface area contributed by atoms with E-state index in [9.17, 15) is 14.0 Å². The summed E-state index contributed by atoms with van der Waals surface area (Å²) >= 11 is 0. The molecular formula is C14H23NO8P2. The van der Waals surface area contributed by atoms with Crippen LogP contribution in [0.5, 0.6) is 0 Å². The normalized spacial score (nSPS) is 26.5. The molecule has 1 fully saturated rings. The first-order valence-corrected chi connectivity index (χ1v) is 11.1. The molecule has 5 N–H and O–H groups in total. The van der Waals surface area contributed by atoms with E-state index in [0.717, 1.165) is 5.56 Å². The Labute approximate surface area is 145 Å². The monoisotopic (exact) mass is 395 g/mol. The van der Waals surface area contributed by atoms with E-state index < -0.39 is 34.2 Å². The summed E-state index contributed by atoms with van der Waals surface area (Å²) < 4.78 is 38.4. The van der Waals surface area contributed by atoms with Crippen molar-refractivity contribution in [1.29, 1.82) is 0 Å². The average Bonchev–Trinajstić information content (AvgIpc) is 2.86. The van der Waals surface area contributed by atoms with Crippen molar-refractivity contribution in [2.75, 3.05) is 19.3 Å². The molecule has 0 spiro atoms. The standard InChI is InChI=1S/C14H23NO8P2/c15-6-7-24(16,17)23-13-9-12(8-11-4-2-1-3-5-11)22-14(13)10-21-25(18,19)20/h1-5,12-14H,6-10,15H2,(H,16,17)(H2,18,19,20)/t12-,13-,14+/m0/s1. The van der Waals surface area contributed by atoms with Crippen LogP contribution >= 0.6 is 15.4 Å². The molecule has 142 valence electrons. The Kier molecular flexibility index (Phi) is 7.34. The van der Waals surface area contributed by atoms with E-state index in [0.29, 0.717) is 12.8 Å². The van der Waals surface area contributed by atoms with Crippen LogP contribution in [0.4, 0.5) is 0 Å². The van der Waals surface area contributed by atoms with Crippen molar-refractivity contribution < 1.29 is 37.6 Å². The van der Waals surface area contributed by atoms with Gasteiger partial charge in [-0.05, 0) is 12.0 Å². The van der Waals surface area contributed by atoms with E-state index in [1.807, 2.05) is 30.3 Å². The Morgan fingerprint density at radius 2 is 1.88 bits per heavy atom. The van der Waals surface area contributed by atoms with E-state index in [4.69, 9.17) is 24.8 Å². The largest absolute Gasteiger partial charge is 0.469 e. The molecule has 1 aromatic rings. The number of phosphoric ester groups is 1. The summed E-state index contributed by atoms with van der Waals surface area (Å²) in [6, 6.07) is 9.50. The number of ether oxygens (including phenoxy) is 1. The van der Waals surface area contributed by atoms with Crippen molar-refractivity contribution in [3.8, 4) is 0 Å². The summed E-state index contributed by atoms with van der Waals surface area (Å²) in [7, 11) is -8.59. The van der Waals surface area contributed by atoms with Gasteiger partial charge >= 0.3 is 15.4 Å². The first-order chi connectivity index (χ1) is 11.7. The second-order valence-electron chi connectivity index (χ2n) is 5.80. The number of hydrogen-bond acceptors (Lipinski definition) is 6. The van der Waals surface area contributed by atoms with Crippen LogP contribution in [-0.4, -0.2) is 52.3 Å². The molecule has 9 nitrogen and oxygen atoms in total. The highest BCUT2D eigenvalue weighted by molar-refractivity contribution is 7.52. The fourth-order valence-corrected chi connectivity index (χ4v) is 4.08. The van der Waals surface area contributed by atoms with Crippen LogP contribution in [0.3, 0.4) is 0 Å². The van der Waals surface area contributed by atoms with Gasteiger partial charge in [0.25, 0.3) is 0 Å². The summed E-state index contributed by atoms with van der Waals surface area (Å²) in [6.45, 7) is -0.457. The van der Waals surface area contributed by atoms with Crippen LogP contribution in [0.2, 0.25) is 0 Å². The summed E-state index contributed by atoms with van der Waals surface area (Å²) in [6.07, 6.45) is -1.37. The molecule has 0 bridgehead atoms. The van der Waals surface area contributed by atoms with Crippen molar-refractivity contribution in [2.45, 2.75) is 31.2 Å². The maximum absolute atomic E-state index is 12.0. The SMILES string of the molecule is NCCP(=O)(O)O[C@H]1C[C@H](Cc2ccccc2)O[C@@H]1COP(=O)(O)O. The Balaban J connectivity index is 2.04. The lowest BCUT2D eigenvalue weighted by molar-refractivity contribution is -0.0172. The molecule has 1 unspecified atom stereocenters. The third-order valence-corrected chi connectivity index (χ3v) is 5.61. The summed E-state index contributed by atoms with van der Waals surface area (Å²) in [4.78, 5) is 27.5. The van der Waals surface area contributed by atoms with Gasteiger partial charge in [0.15, 0.2) is 0 Å². The smallest absolute Gasteiger partial charge is 0.369 e. The van der Waals surface area contributed by atoms with Crippen molar-refractivity contribution in [1.82, 2.24) is 0 Å². The number of nitrogens with two attached hydrogens (primary N) is 1. The van der Waals surface area contributed by atoms with E-state index >= 15 is 0 Å². The molecule has 1 aliphatic rings. The van der Waals surface area contributed by atoms with Gasteiger partial charge in [-0.1, -0.05) is 30.3 Å². The molecule has 1 saturated heterocycles. The van der Waals surface area contributed by atoms with Crippen molar-refractivity contribution >= 4 is 15.4 Å². The molecule has 0 aliphatic carbocycles. The lowest BCUT2D eigenvalue weighted by Crippen LogP contribution is -2.28. The van der Waals surface area contributed by atoms with Gasteiger partial charge in [-0.15, -0.1) is 0 Å². The van der Waals surface area contributed by atoms with E-state index in [1.54, 1.807) is 0 Å². The fraction of sp³-hybridized carbons (Fsp3) is 0.571. The highest BCUT2D eigenvalue weighted by Gasteiger charge is 2.40. The average molecular weight is 395 g/mol. The number of benzene rings is 1. The Bertz CT molecular complexity index is 637. The Morgan fingerprint density at radius 1 is 1.20 bits per heavy atom. The molecule has 1 heterocycles. The van der Waals surface area contributed by atoms with Crippen molar-refractivity contribution in [3.63, 3.8) is 0 Å². The van der Waals surface area contributed by atoms with Gasteiger partial charge in [-0.25, -0.2) is 4.57 Å².